The van der Waals surface area contributed by atoms with E-state index in [1.807, 2.05) is 6.92 Å². The predicted octanol–water partition coefficient (Wildman–Crippen LogP) is 1.10. The number of aliphatic imine (C=N–C) groups is 1. The number of nitrogens with zero attached hydrogens (tertiary/aromatic N) is 1. The van der Waals surface area contributed by atoms with E-state index < -0.39 is 0 Å². The maximum atomic E-state index is 5.58. The van der Waals surface area contributed by atoms with Crippen molar-refractivity contribution in [3.8, 4) is 0 Å². The number of nitrogens with one attached hydrogen (secondary N) is 1. The average molecular weight is 157 g/mol. The fraction of sp³-hybridized carbons (Fsp3) is 0.875. The van der Waals surface area contributed by atoms with Gasteiger partial charge < -0.3 is 11.1 Å². The SMILES string of the molecule is CCN=C(N)NC(C)(C)CC. The van der Waals surface area contributed by atoms with Gasteiger partial charge in [-0.25, -0.2) is 0 Å². The van der Waals surface area contributed by atoms with Crippen molar-refractivity contribution in [2.45, 2.75) is 39.7 Å². The van der Waals surface area contributed by atoms with Crippen LogP contribution >= 0.6 is 0 Å². The lowest BCUT2D eigenvalue weighted by atomic mass is 10.0. The van der Waals surface area contributed by atoms with Gasteiger partial charge in [-0.3, -0.25) is 4.99 Å². The molecule has 0 aliphatic rings. The minimum Gasteiger partial charge on any atom is -0.370 e. The van der Waals surface area contributed by atoms with Crippen LogP contribution in [-0.4, -0.2) is 18.0 Å². The van der Waals surface area contributed by atoms with Crippen LogP contribution in [0.25, 0.3) is 0 Å². The molecule has 3 heteroatoms. The summed E-state index contributed by atoms with van der Waals surface area (Å²) in [5.74, 6) is 0.541. The Labute approximate surface area is 69.1 Å². The Morgan fingerprint density at radius 1 is 1.45 bits per heavy atom. The lowest BCUT2D eigenvalue weighted by molar-refractivity contribution is 0.443. The monoisotopic (exact) mass is 157 g/mol. The number of hydrogen-bond acceptors (Lipinski definition) is 1. The first-order chi connectivity index (χ1) is 5.02. The van der Waals surface area contributed by atoms with Crippen molar-refractivity contribution in [2.75, 3.05) is 6.54 Å². The topological polar surface area (TPSA) is 50.4 Å². The molecule has 0 aromatic carbocycles. The normalized spacial score (nSPS) is 13.3. The van der Waals surface area contributed by atoms with Crippen LogP contribution in [-0.2, 0) is 0 Å². The van der Waals surface area contributed by atoms with Crippen LogP contribution < -0.4 is 11.1 Å². The van der Waals surface area contributed by atoms with E-state index in [2.05, 4.69) is 31.1 Å². The predicted molar refractivity (Wildman–Crippen MR) is 49.7 cm³/mol. The molecule has 0 rings (SSSR count). The quantitative estimate of drug-likeness (QED) is 0.476. The number of nitrogens with two attached hydrogens (primary N) is 1. The van der Waals surface area contributed by atoms with E-state index in [4.69, 9.17) is 5.73 Å². The maximum Gasteiger partial charge on any atom is 0.188 e. The lowest BCUT2D eigenvalue weighted by Crippen LogP contribution is -2.46. The van der Waals surface area contributed by atoms with E-state index in [1.54, 1.807) is 0 Å². The van der Waals surface area contributed by atoms with Gasteiger partial charge in [0.25, 0.3) is 0 Å². The van der Waals surface area contributed by atoms with E-state index in [-0.39, 0.29) is 5.54 Å². The van der Waals surface area contributed by atoms with E-state index in [9.17, 15) is 0 Å². The fourth-order valence-corrected chi connectivity index (χ4v) is 0.645. The van der Waals surface area contributed by atoms with Gasteiger partial charge in [-0.15, -0.1) is 0 Å². The second kappa shape index (κ2) is 4.21. The summed E-state index contributed by atoms with van der Waals surface area (Å²) in [5, 5.41) is 3.13. The van der Waals surface area contributed by atoms with Gasteiger partial charge in [0.15, 0.2) is 5.96 Å². The standard InChI is InChI=1S/C8H19N3/c1-5-8(3,4)11-7(9)10-6-2/h5-6H2,1-4H3,(H3,9,10,11). The summed E-state index contributed by atoms with van der Waals surface area (Å²) in [6.07, 6.45) is 1.03. The first-order valence-electron chi connectivity index (χ1n) is 4.10. The Morgan fingerprint density at radius 3 is 2.36 bits per heavy atom. The molecule has 0 atom stereocenters. The highest BCUT2D eigenvalue weighted by Gasteiger charge is 2.14. The van der Waals surface area contributed by atoms with E-state index >= 15 is 0 Å². The number of rotatable bonds is 3. The fourth-order valence-electron chi connectivity index (χ4n) is 0.645. The molecule has 0 radical (unpaired) electrons. The van der Waals surface area contributed by atoms with Gasteiger partial charge in [-0.1, -0.05) is 6.92 Å². The summed E-state index contributed by atoms with van der Waals surface area (Å²) in [5.41, 5.74) is 5.64. The van der Waals surface area contributed by atoms with Crippen molar-refractivity contribution < 1.29 is 0 Å². The van der Waals surface area contributed by atoms with Crippen molar-refractivity contribution in [2.24, 2.45) is 10.7 Å². The number of hydrogen-bond donors (Lipinski definition) is 2. The maximum absolute atomic E-state index is 5.58. The third kappa shape index (κ3) is 4.65. The minimum atomic E-state index is 0.0583. The van der Waals surface area contributed by atoms with Crippen molar-refractivity contribution in [3.05, 3.63) is 0 Å². The van der Waals surface area contributed by atoms with Crippen LogP contribution in [0.5, 0.6) is 0 Å². The third-order valence-corrected chi connectivity index (χ3v) is 1.68. The molecule has 11 heavy (non-hydrogen) atoms. The van der Waals surface area contributed by atoms with Gasteiger partial charge >= 0.3 is 0 Å². The Kier molecular flexibility index (Phi) is 3.93. The molecule has 3 N–H and O–H groups in total. The molecule has 66 valence electrons. The van der Waals surface area contributed by atoms with Crippen molar-refractivity contribution >= 4 is 5.96 Å². The van der Waals surface area contributed by atoms with Crippen LogP contribution in [0.15, 0.2) is 4.99 Å². The Bertz CT molecular complexity index is 138. The Hall–Kier alpha value is -0.730. The molecule has 0 amide bonds. The smallest absolute Gasteiger partial charge is 0.188 e. The van der Waals surface area contributed by atoms with Crippen molar-refractivity contribution in [3.63, 3.8) is 0 Å². The molecule has 3 nitrogen and oxygen atoms in total. The van der Waals surface area contributed by atoms with Crippen LogP contribution in [0, 0.1) is 0 Å². The van der Waals surface area contributed by atoms with E-state index in [0.29, 0.717) is 5.96 Å². The minimum absolute atomic E-state index is 0.0583. The first kappa shape index (κ1) is 10.3. The van der Waals surface area contributed by atoms with Gasteiger partial charge in [0.1, 0.15) is 0 Å². The van der Waals surface area contributed by atoms with Gasteiger partial charge in [-0.05, 0) is 27.2 Å². The summed E-state index contributed by atoms with van der Waals surface area (Å²) in [6.45, 7) is 9.02. The van der Waals surface area contributed by atoms with Crippen LogP contribution in [0.3, 0.4) is 0 Å². The molecule has 0 unspecified atom stereocenters. The summed E-state index contributed by atoms with van der Waals surface area (Å²) in [6, 6.07) is 0. The zero-order valence-corrected chi connectivity index (χ0v) is 7.94. The first-order valence-corrected chi connectivity index (χ1v) is 4.10. The highest BCUT2D eigenvalue weighted by molar-refractivity contribution is 5.78. The largest absolute Gasteiger partial charge is 0.370 e. The Morgan fingerprint density at radius 2 is 2.00 bits per heavy atom. The molecule has 0 saturated carbocycles. The van der Waals surface area contributed by atoms with Gasteiger partial charge in [0.05, 0.1) is 0 Å². The van der Waals surface area contributed by atoms with Gasteiger partial charge in [0.2, 0.25) is 0 Å². The lowest BCUT2D eigenvalue weighted by Gasteiger charge is -2.24. The molecular formula is C8H19N3. The zero-order chi connectivity index (χ0) is 8.91. The molecule has 0 heterocycles. The molecule has 0 aliphatic heterocycles. The molecule has 0 aromatic rings. The molecule has 0 aromatic heterocycles. The molecule has 0 fully saturated rings. The molecular weight excluding hydrogens is 138 g/mol. The summed E-state index contributed by atoms with van der Waals surface area (Å²) >= 11 is 0. The zero-order valence-electron chi connectivity index (χ0n) is 7.94. The van der Waals surface area contributed by atoms with Crippen LogP contribution in [0.4, 0.5) is 0 Å². The molecule has 0 saturated heterocycles. The van der Waals surface area contributed by atoms with E-state index in [1.165, 1.54) is 0 Å². The summed E-state index contributed by atoms with van der Waals surface area (Å²) in [7, 11) is 0. The van der Waals surface area contributed by atoms with E-state index in [0.717, 1.165) is 13.0 Å². The Balaban J connectivity index is 3.92. The molecule has 0 spiro atoms. The average Bonchev–Trinajstić information content (AvgIpc) is 1.87. The second-order valence-electron chi connectivity index (χ2n) is 3.22. The summed E-state index contributed by atoms with van der Waals surface area (Å²) in [4.78, 5) is 4.04. The highest BCUT2D eigenvalue weighted by atomic mass is 15.1. The third-order valence-electron chi connectivity index (χ3n) is 1.68. The van der Waals surface area contributed by atoms with Crippen molar-refractivity contribution in [1.82, 2.24) is 5.32 Å². The van der Waals surface area contributed by atoms with Crippen LogP contribution in [0.2, 0.25) is 0 Å². The van der Waals surface area contributed by atoms with Crippen LogP contribution in [0.1, 0.15) is 34.1 Å². The molecule has 0 aliphatic carbocycles. The van der Waals surface area contributed by atoms with Gasteiger partial charge in [0, 0.05) is 12.1 Å². The number of guanidine groups is 1. The second-order valence-corrected chi connectivity index (χ2v) is 3.22. The van der Waals surface area contributed by atoms with Gasteiger partial charge in [-0.2, -0.15) is 0 Å². The highest BCUT2D eigenvalue weighted by Crippen LogP contribution is 2.05. The summed E-state index contributed by atoms with van der Waals surface area (Å²) < 4.78 is 0. The molecule has 0 bridgehead atoms. The van der Waals surface area contributed by atoms with Crippen molar-refractivity contribution in [1.29, 1.82) is 0 Å².